The third-order valence-electron chi connectivity index (χ3n) is 6.89. The molecule has 0 atom stereocenters. The lowest BCUT2D eigenvalue weighted by atomic mass is 9.98. The topological polar surface area (TPSA) is 79.1 Å². The van der Waals surface area contributed by atoms with Gasteiger partial charge in [-0.05, 0) is 35.9 Å². The van der Waals surface area contributed by atoms with Crippen molar-refractivity contribution in [2.24, 2.45) is 0 Å². The fraction of sp³-hybridized carbons (Fsp3) is 0.333. The molecule has 8 nitrogen and oxygen atoms in total. The first-order valence-electron chi connectivity index (χ1n) is 11.9. The number of rotatable bonds is 5. The predicted octanol–water partition coefficient (Wildman–Crippen LogP) is 5.06. The molecule has 0 amide bonds. The number of ether oxygens (including phenoxy) is 4. The Kier molecular flexibility index (Phi) is 5.73. The van der Waals surface area contributed by atoms with E-state index in [1.54, 1.807) is 26.4 Å². The van der Waals surface area contributed by atoms with E-state index in [0.29, 0.717) is 49.3 Å². The summed E-state index contributed by atoms with van der Waals surface area (Å²) >= 11 is 0. The second-order valence-corrected chi connectivity index (χ2v) is 8.85. The van der Waals surface area contributed by atoms with E-state index in [4.69, 9.17) is 23.4 Å². The first-order valence-corrected chi connectivity index (χ1v) is 11.9. The van der Waals surface area contributed by atoms with E-state index >= 15 is 0 Å². The average Bonchev–Trinajstić information content (AvgIpc) is 3.54. The van der Waals surface area contributed by atoms with E-state index in [0.717, 1.165) is 40.7 Å². The van der Waals surface area contributed by atoms with Gasteiger partial charge in [-0.2, -0.15) is 0 Å². The maximum atomic E-state index is 13.9. The summed E-state index contributed by atoms with van der Waals surface area (Å²) in [6.45, 7) is 2.68. The number of anilines is 1. The van der Waals surface area contributed by atoms with Gasteiger partial charge in [0.1, 0.15) is 23.7 Å². The molecular formula is C27H26FN3O5. The number of benzene rings is 2. The summed E-state index contributed by atoms with van der Waals surface area (Å²) in [5.74, 6) is 1.74. The number of fused-ring (bicyclic) bond motifs is 1. The molecule has 0 bridgehead atoms. The maximum Gasteiger partial charge on any atom is 0.232 e. The number of halogens is 1. The highest BCUT2D eigenvalue weighted by molar-refractivity contribution is 6.06. The summed E-state index contributed by atoms with van der Waals surface area (Å²) < 4.78 is 42.9. The highest BCUT2D eigenvalue weighted by Gasteiger charge is 2.40. The van der Waals surface area contributed by atoms with Crippen LogP contribution in [0.1, 0.15) is 12.8 Å². The number of nitrogens with zero attached hydrogens (tertiary/aromatic N) is 3. The SMILES string of the molecule is COc1ccc(-c2oc3ncnc(N4CCC5(CC4)OCCO5)c3c2-c2ccc(F)cc2)cc1OC. The minimum Gasteiger partial charge on any atom is -0.493 e. The Labute approximate surface area is 207 Å². The van der Waals surface area contributed by atoms with Gasteiger partial charge in [0.15, 0.2) is 17.3 Å². The predicted molar refractivity (Wildman–Crippen MR) is 132 cm³/mol. The Hall–Kier alpha value is -3.69. The van der Waals surface area contributed by atoms with Crippen LogP contribution in [0, 0.1) is 5.82 Å². The third kappa shape index (κ3) is 3.84. The van der Waals surface area contributed by atoms with Crippen LogP contribution in [-0.4, -0.2) is 56.3 Å². The number of furan rings is 1. The van der Waals surface area contributed by atoms with Gasteiger partial charge in [-0.1, -0.05) is 12.1 Å². The molecule has 0 radical (unpaired) electrons. The number of hydrogen-bond donors (Lipinski definition) is 0. The van der Waals surface area contributed by atoms with E-state index in [9.17, 15) is 4.39 Å². The molecule has 4 aromatic rings. The Bertz CT molecular complexity index is 1390. The molecule has 2 aromatic carbocycles. The standard InChI is InChI=1S/C27H26FN3O5/c1-32-20-8-5-18(15-21(20)33-2)24-22(17-3-6-19(28)7-4-17)23-25(29-16-30-26(23)36-24)31-11-9-27(10-12-31)34-13-14-35-27/h3-8,15-16H,9-14H2,1-2H3. The van der Waals surface area contributed by atoms with Crippen LogP contribution in [0.4, 0.5) is 10.2 Å². The molecule has 9 heteroatoms. The molecule has 0 saturated carbocycles. The molecule has 186 valence electrons. The van der Waals surface area contributed by atoms with Crippen LogP contribution in [0.5, 0.6) is 11.5 Å². The van der Waals surface area contributed by atoms with Gasteiger partial charge in [-0.3, -0.25) is 0 Å². The van der Waals surface area contributed by atoms with Gasteiger partial charge in [0.25, 0.3) is 0 Å². The van der Waals surface area contributed by atoms with Crippen LogP contribution >= 0.6 is 0 Å². The van der Waals surface area contributed by atoms with Crippen molar-refractivity contribution in [1.82, 2.24) is 9.97 Å². The number of hydrogen-bond acceptors (Lipinski definition) is 8. The lowest BCUT2D eigenvalue weighted by Crippen LogP contribution is -2.45. The van der Waals surface area contributed by atoms with E-state index < -0.39 is 5.79 Å². The third-order valence-corrected chi connectivity index (χ3v) is 6.89. The molecule has 6 rings (SSSR count). The molecule has 0 N–H and O–H groups in total. The van der Waals surface area contributed by atoms with Crippen LogP contribution in [0.25, 0.3) is 33.6 Å². The summed E-state index contributed by atoms with van der Waals surface area (Å²) in [6.07, 6.45) is 3.00. The summed E-state index contributed by atoms with van der Waals surface area (Å²) in [7, 11) is 3.18. The molecule has 36 heavy (non-hydrogen) atoms. The second-order valence-electron chi connectivity index (χ2n) is 8.85. The van der Waals surface area contributed by atoms with Gasteiger partial charge in [0, 0.05) is 37.1 Å². The van der Waals surface area contributed by atoms with E-state index in [-0.39, 0.29) is 5.82 Å². The molecule has 0 unspecified atom stereocenters. The van der Waals surface area contributed by atoms with Crippen LogP contribution < -0.4 is 14.4 Å². The Morgan fingerprint density at radius 1 is 0.889 bits per heavy atom. The van der Waals surface area contributed by atoms with Gasteiger partial charge >= 0.3 is 0 Å². The first-order chi connectivity index (χ1) is 17.6. The van der Waals surface area contributed by atoms with Crippen LogP contribution in [0.2, 0.25) is 0 Å². The van der Waals surface area contributed by atoms with Crippen molar-refractivity contribution >= 4 is 16.9 Å². The Morgan fingerprint density at radius 3 is 2.28 bits per heavy atom. The van der Waals surface area contributed by atoms with Gasteiger partial charge in [0.2, 0.25) is 5.71 Å². The summed E-state index contributed by atoms with van der Waals surface area (Å²) in [4.78, 5) is 11.3. The highest BCUT2D eigenvalue weighted by atomic mass is 19.1. The van der Waals surface area contributed by atoms with E-state index in [1.165, 1.54) is 18.5 Å². The maximum absolute atomic E-state index is 13.9. The van der Waals surface area contributed by atoms with Crippen molar-refractivity contribution in [2.75, 3.05) is 45.4 Å². The Balaban J connectivity index is 1.51. The summed E-state index contributed by atoms with van der Waals surface area (Å²) in [6, 6.07) is 12.0. The average molecular weight is 492 g/mol. The van der Waals surface area contributed by atoms with E-state index in [2.05, 4.69) is 14.9 Å². The van der Waals surface area contributed by atoms with Crippen molar-refractivity contribution in [3.8, 4) is 33.9 Å². The molecule has 2 aromatic heterocycles. The fourth-order valence-corrected chi connectivity index (χ4v) is 5.08. The largest absolute Gasteiger partial charge is 0.493 e. The number of piperidine rings is 1. The molecule has 2 aliphatic rings. The van der Waals surface area contributed by atoms with E-state index in [1.807, 2.05) is 18.2 Å². The number of aromatic nitrogens is 2. The van der Waals surface area contributed by atoms with Gasteiger partial charge in [0.05, 0.1) is 32.8 Å². The lowest BCUT2D eigenvalue weighted by Gasteiger charge is -2.38. The van der Waals surface area contributed by atoms with Crippen LogP contribution in [0.3, 0.4) is 0 Å². The van der Waals surface area contributed by atoms with Crippen molar-refractivity contribution in [2.45, 2.75) is 18.6 Å². The summed E-state index contributed by atoms with van der Waals surface area (Å²) in [5.41, 5.74) is 2.83. The van der Waals surface area contributed by atoms with Crippen molar-refractivity contribution in [1.29, 1.82) is 0 Å². The molecule has 0 aliphatic carbocycles. The van der Waals surface area contributed by atoms with Gasteiger partial charge in [-0.25, -0.2) is 14.4 Å². The molecular weight excluding hydrogens is 465 g/mol. The second kappa shape index (κ2) is 9.07. The highest BCUT2D eigenvalue weighted by Crippen LogP contribution is 2.46. The Morgan fingerprint density at radius 2 is 1.58 bits per heavy atom. The fourth-order valence-electron chi connectivity index (χ4n) is 5.08. The van der Waals surface area contributed by atoms with Gasteiger partial charge in [-0.15, -0.1) is 0 Å². The van der Waals surface area contributed by atoms with Crippen LogP contribution in [-0.2, 0) is 9.47 Å². The lowest BCUT2D eigenvalue weighted by molar-refractivity contribution is -0.169. The minimum atomic E-state index is -0.496. The first kappa shape index (κ1) is 22.8. The molecule has 2 aliphatic heterocycles. The molecule has 2 fully saturated rings. The monoisotopic (exact) mass is 491 g/mol. The zero-order valence-corrected chi connectivity index (χ0v) is 20.1. The van der Waals surface area contributed by atoms with Gasteiger partial charge < -0.3 is 28.3 Å². The zero-order chi connectivity index (χ0) is 24.7. The quantitative estimate of drug-likeness (QED) is 0.384. The minimum absolute atomic E-state index is 0.311. The number of methoxy groups -OCH3 is 2. The zero-order valence-electron chi connectivity index (χ0n) is 20.1. The summed E-state index contributed by atoms with van der Waals surface area (Å²) in [5, 5.41) is 0.776. The molecule has 2 saturated heterocycles. The van der Waals surface area contributed by atoms with Crippen molar-refractivity contribution in [3.05, 3.63) is 54.6 Å². The molecule has 1 spiro atoms. The van der Waals surface area contributed by atoms with Crippen LogP contribution in [0.15, 0.2) is 53.2 Å². The molecule has 4 heterocycles. The van der Waals surface area contributed by atoms with Crippen molar-refractivity contribution < 1.29 is 27.8 Å². The smallest absolute Gasteiger partial charge is 0.232 e. The normalized spacial score (nSPS) is 17.1. The van der Waals surface area contributed by atoms with Crippen molar-refractivity contribution in [3.63, 3.8) is 0 Å².